The number of nitrogens with zero attached hydrogens (tertiary/aromatic N) is 1. The number of ether oxygens (including phenoxy) is 1. The summed E-state index contributed by atoms with van der Waals surface area (Å²) in [6, 6.07) is 16.0. The number of hydrogen-bond acceptors (Lipinski definition) is 3. The first kappa shape index (κ1) is 20.0. The molecule has 0 fully saturated rings. The van der Waals surface area contributed by atoms with E-state index in [1.807, 2.05) is 26.2 Å². The van der Waals surface area contributed by atoms with E-state index in [-0.39, 0.29) is 17.4 Å². The van der Waals surface area contributed by atoms with Gasteiger partial charge in [0.25, 0.3) is 5.91 Å². The zero-order chi connectivity index (χ0) is 19.3. The summed E-state index contributed by atoms with van der Waals surface area (Å²) in [5.74, 6) is 0.585. The Hall–Kier alpha value is -2.33. The molecule has 26 heavy (non-hydrogen) atoms. The van der Waals surface area contributed by atoms with Crippen molar-refractivity contribution >= 4 is 5.91 Å². The van der Waals surface area contributed by atoms with Crippen molar-refractivity contribution in [2.45, 2.75) is 32.2 Å². The fourth-order valence-electron chi connectivity index (χ4n) is 2.86. The second-order valence-electron chi connectivity index (χ2n) is 7.79. The lowest BCUT2D eigenvalue weighted by Crippen LogP contribution is -2.34. The van der Waals surface area contributed by atoms with E-state index in [1.165, 1.54) is 11.1 Å². The van der Waals surface area contributed by atoms with Crippen molar-refractivity contribution < 1.29 is 9.53 Å². The Labute approximate surface area is 157 Å². The maximum atomic E-state index is 12.5. The van der Waals surface area contributed by atoms with Gasteiger partial charge in [-0.15, -0.1) is 0 Å². The van der Waals surface area contributed by atoms with Gasteiger partial charge in [0.15, 0.2) is 0 Å². The van der Waals surface area contributed by atoms with E-state index < -0.39 is 0 Å². The molecule has 0 spiro atoms. The predicted octanol–water partition coefficient (Wildman–Crippen LogP) is 4.03. The van der Waals surface area contributed by atoms with Crippen LogP contribution in [0.4, 0.5) is 0 Å². The van der Waals surface area contributed by atoms with Gasteiger partial charge < -0.3 is 15.0 Å². The molecule has 0 aromatic heterocycles. The van der Waals surface area contributed by atoms with E-state index in [1.54, 1.807) is 19.2 Å². The molecule has 4 nitrogen and oxygen atoms in total. The topological polar surface area (TPSA) is 41.6 Å². The van der Waals surface area contributed by atoms with Crippen LogP contribution in [0.1, 0.15) is 48.3 Å². The molecular formula is C22H30N2O2. The van der Waals surface area contributed by atoms with E-state index in [4.69, 9.17) is 4.74 Å². The monoisotopic (exact) mass is 354 g/mol. The van der Waals surface area contributed by atoms with Crippen LogP contribution in [0, 0.1) is 0 Å². The molecule has 4 heteroatoms. The highest BCUT2D eigenvalue weighted by molar-refractivity contribution is 5.94. The summed E-state index contributed by atoms with van der Waals surface area (Å²) in [6.07, 6.45) is 0. The minimum Gasteiger partial charge on any atom is -0.497 e. The fraction of sp³-hybridized carbons (Fsp3) is 0.409. The minimum atomic E-state index is -0.0953. The Bertz CT molecular complexity index is 731. The average Bonchev–Trinajstić information content (AvgIpc) is 2.61. The summed E-state index contributed by atoms with van der Waals surface area (Å²) in [5, 5.41) is 3.04. The highest BCUT2D eigenvalue weighted by atomic mass is 16.5. The van der Waals surface area contributed by atoms with Crippen LogP contribution in [0.2, 0.25) is 0 Å². The zero-order valence-electron chi connectivity index (χ0n) is 16.7. The van der Waals surface area contributed by atoms with Crippen LogP contribution < -0.4 is 10.1 Å². The largest absolute Gasteiger partial charge is 0.497 e. The molecule has 1 N–H and O–H groups in total. The molecule has 0 saturated heterocycles. The standard InChI is InChI=1S/C22H30N2O2/c1-22(2,3)18-12-10-16(11-13-18)20(24(4)5)15-23-21(25)17-8-7-9-19(14-17)26-6/h7-14,20H,15H2,1-6H3,(H,23,25)/t20-/m1/s1. The summed E-state index contributed by atoms with van der Waals surface area (Å²) in [4.78, 5) is 14.6. The fourth-order valence-corrected chi connectivity index (χ4v) is 2.86. The molecule has 2 aromatic carbocycles. The number of rotatable bonds is 6. The van der Waals surface area contributed by atoms with Crippen LogP contribution in [0.3, 0.4) is 0 Å². The van der Waals surface area contributed by atoms with Gasteiger partial charge in [0, 0.05) is 12.1 Å². The summed E-state index contributed by atoms with van der Waals surface area (Å²) in [6.45, 7) is 7.16. The summed E-state index contributed by atoms with van der Waals surface area (Å²) in [5.41, 5.74) is 3.23. The van der Waals surface area contributed by atoms with Crippen LogP contribution in [-0.4, -0.2) is 38.6 Å². The van der Waals surface area contributed by atoms with E-state index in [2.05, 4.69) is 55.3 Å². The maximum Gasteiger partial charge on any atom is 0.251 e. The van der Waals surface area contributed by atoms with Crippen molar-refractivity contribution in [1.29, 1.82) is 0 Å². The first-order valence-electron chi connectivity index (χ1n) is 8.91. The molecule has 2 rings (SSSR count). The van der Waals surface area contributed by atoms with Crippen LogP contribution in [0.15, 0.2) is 48.5 Å². The van der Waals surface area contributed by atoms with Crippen LogP contribution in [0.5, 0.6) is 5.75 Å². The number of hydrogen-bond donors (Lipinski definition) is 1. The number of carbonyl (C=O) groups is 1. The van der Waals surface area contributed by atoms with Gasteiger partial charge in [0.1, 0.15) is 5.75 Å². The predicted molar refractivity (Wildman–Crippen MR) is 107 cm³/mol. The van der Waals surface area contributed by atoms with Gasteiger partial charge in [0.05, 0.1) is 13.2 Å². The lowest BCUT2D eigenvalue weighted by Gasteiger charge is -2.26. The average molecular weight is 354 g/mol. The molecule has 0 aliphatic heterocycles. The Morgan fingerprint density at radius 2 is 1.77 bits per heavy atom. The Kier molecular flexibility index (Phi) is 6.43. The molecule has 0 saturated carbocycles. The number of methoxy groups -OCH3 is 1. The molecule has 0 unspecified atom stereocenters. The third-order valence-corrected chi connectivity index (χ3v) is 4.57. The zero-order valence-corrected chi connectivity index (χ0v) is 16.7. The highest BCUT2D eigenvalue weighted by Crippen LogP contribution is 2.25. The first-order valence-corrected chi connectivity index (χ1v) is 8.91. The van der Waals surface area contributed by atoms with Crippen molar-refractivity contribution in [3.63, 3.8) is 0 Å². The first-order chi connectivity index (χ1) is 12.2. The summed E-state index contributed by atoms with van der Waals surface area (Å²) >= 11 is 0. The quantitative estimate of drug-likeness (QED) is 0.852. The Morgan fingerprint density at radius 3 is 2.31 bits per heavy atom. The number of carbonyl (C=O) groups excluding carboxylic acids is 1. The van der Waals surface area contributed by atoms with Gasteiger partial charge in [0.2, 0.25) is 0 Å². The second kappa shape index (κ2) is 8.37. The van der Waals surface area contributed by atoms with Crippen molar-refractivity contribution in [1.82, 2.24) is 10.2 Å². The van der Waals surface area contributed by atoms with Crippen molar-refractivity contribution in [2.75, 3.05) is 27.7 Å². The van der Waals surface area contributed by atoms with Gasteiger partial charge in [-0.2, -0.15) is 0 Å². The van der Waals surface area contributed by atoms with Gasteiger partial charge in [-0.25, -0.2) is 0 Å². The van der Waals surface area contributed by atoms with Gasteiger partial charge in [-0.3, -0.25) is 4.79 Å². The van der Waals surface area contributed by atoms with Gasteiger partial charge >= 0.3 is 0 Å². The summed E-state index contributed by atoms with van der Waals surface area (Å²) < 4.78 is 5.19. The van der Waals surface area contributed by atoms with Crippen LogP contribution in [-0.2, 0) is 5.41 Å². The van der Waals surface area contributed by atoms with Gasteiger partial charge in [-0.05, 0) is 48.8 Å². The van der Waals surface area contributed by atoms with E-state index in [9.17, 15) is 4.79 Å². The molecule has 0 radical (unpaired) electrons. The van der Waals surface area contributed by atoms with E-state index in [0.29, 0.717) is 17.9 Å². The number of nitrogens with one attached hydrogen (secondary N) is 1. The highest BCUT2D eigenvalue weighted by Gasteiger charge is 2.18. The SMILES string of the molecule is COc1cccc(C(=O)NC[C@H](c2ccc(C(C)(C)C)cc2)N(C)C)c1. The lowest BCUT2D eigenvalue weighted by molar-refractivity contribution is 0.0941. The third kappa shape index (κ3) is 5.09. The van der Waals surface area contributed by atoms with Crippen LogP contribution >= 0.6 is 0 Å². The molecule has 0 bridgehead atoms. The van der Waals surface area contributed by atoms with E-state index >= 15 is 0 Å². The molecular weight excluding hydrogens is 324 g/mol. The van der Waals surface area contributed by atoms with Crippen LogP contribution in [0.25, 0.3) is 0 Å². The van der Waals surface area contributed by atoms with Gasteiger partial charge in [-0.1, -0.05) is 51.1 Å². The second-order valence-corrected chi connectivity index (χ2v) is 7.79. The third-order valence-electron chi connectivity index (χ3n) is 4.57. The molecule has 140 valence electrons. The summed E-state index contributed by atoms with van der Waals surface area (Å²) in [7, 11) is 5.65. The van der Waals surface area contributed by atoms with Crippen molar-refractivity contribution in [2.24, 2.45) is 0 Å². The van der Waals surface area contributed by atoms with Crippen molar-refractivity contribution in [3.8, 4) is 5.75 Å². The molecule has 1 atom stereocenters. The molecule has 0 heterocycles. The molecule has 0 aliphatic rings. The van der Waals surface area contributed by atoms with E-state index in [0.717, 1.165) is 0 Å². The van der Waals surface area contributed by atoms with Crippen molar-refractivity contribution in [3.05, 3.63) is 65.2 Å². The number of likely N-dealkylation sites (N-methyl/N-ethyl adjacent to an activating group) is 1. The minimum absolute atomic E-state index is 0.0953. The normalized spacial score (nSPS) is 12.7. The maximum absolute atomic E-state index is 12.5. The molecule has 1 amide bonds. The Balaban J connectivity index is 2.09. The number of amides is 1. The molecule has 2 aromatic rings. The smallest absolute Gasteiger partial charge is 0.251 e. The Morgan fingerprint density at radius 1 is 1.12 bits per heavy atom. The lowest BCUT2D eigenvalue weighted by atomic mass is 9.86. The number of benzene rings is 2. The molecule has 0 aliphatic carbocycles.